The van der Waals surface area contributed by atoms with Gasteiger partial charge in [-0.3, -0.25) is 4.79 Å². The molecule has 0 bridgehead atoms. The molecule has 0 aliphatic heterocycles. The van der Waals surface area contributed by atoms with Crippen molar-refractivity contribution >= 4 is 5.91 Å². The zero-order valence-corrected chi connectivity index (χ0v) is 12.5. The van der Waals surface area contributed by atoms with Gasteiger partial charge in [0.05, 0.1) is 5.54 Å². The number of primary amides is 1. The van der Waals surface area contributed by atoms with E-state index >= 15 is 0 Å². The number of nitrogens with zero attached hydrogens (tertiary/aromatic N) is 1. The molecule has 0 spiro atoms. The van der Waals surface area contributed by atoms with Gasteiger partial charge in [0.1, 0.15) is 0 Å². The summed E-state index contributed by atoms with van der Waals surface area (Å²) in [5, 5.41) is 3.39. The number of hydrogen-bond donors (Lipinski definition) is 2. The Morgan fingerprint density at radius 1 is 1.44 bits per heavy atom. The Labute approximate surface area is 111 Å². The van der Waals surface area contributed by atoms with Crippen molar-refractivity contribution in [3.8, 4) is 0 Å². The fraction of sp³-hybridized carbons (Fsp3) is 0.929. The molecule has 1 rings (SSSR count). The summed E-state index contributed by atoms with van der Waals surface area (Å²) in [6.07, 6.45) is 3.11. The summed E-state index contributed by atoms with van der Waals surface area (Å²) in [6.45, 7) is 9.48. The second-order valence-corrected chi connectivity index (χ2v) is 6.33. The molecule has 18 heavy (non-hydrogen) atoms. The summed E-state index contributed by atoms with van der Waals surface area (Å²) in [5.74, 6) is 0.381. The van der Waals surface area contributed by atoms with Crippen molar-refractivity contribution in [1.29, 1.82) is 0 Å². The number of nitrogens with one attached hydrogen (secondary N) is 1. The average molecular weight is 255 g/mol. The lowest BCUT2D eigenvalue weighted by Crippen LogP contribution is -2.55. The van der Waals surface area contributed by atoms with E-state index in [0.29, 0.717) is 18.0 Å². The lowest BCUT2D eigenvalue weighted by molar-refractivity contribution is -0.124. The lowest BCUT2D eigenvalue weighted by atomic mass is 9.95. The van der Waals surface area contributed by atoms with Crippen molar-refractivity contribution < 1.29 is 4.79 Å². The van der Waals surface area contributed by atoms with E-state index in [-0.39, 0.29) is 5.91 Å². The number of amides is 1. The summed E-state index contributed by atoms with van der Waals surface area (Å²) in [7, 11) is 2.11. The Hall–Kier alpha value is -0.610. The minimum Gasteiger partial charge on any atom is -0.368 e. The van der Waals surface area contributed by atoms with Crippen LogP contribution in [0.25, 0.3) is 0 Å². The quantitative estimate of drug-likeness (QED) is 0.688. The van der Waals surface area contributed by atoms with Gasteiger partial charge in [-0.2, -0.15) is 0 Å². The molecule has 2 unspecified atom stereocenters. The molecule has 4 heteroatoms. The molecule has 1 fully saturated rings. The largest absolute Gasteiger partial charge is 0.368 e. The van der Waals surface area contributed by atoms with Crippen LogP contribution in [0.3, 0.4) is 0 Å². The molecule has 0 aromatic carbocycles. The third-order valence-electron chi connectivity index (χ3n) is 4.27. The maximum atomic E-state index is 11.6. The van der Waals surface area contributed by atoms with Gasteiger partial charge < -0.3 is 16.0 Å². The first-order chi connectivity index (χ1) is 8.26. The standard InChI is InChI=1S/C14H29N3O/c1-10(2)11(3)17(5)9-8-14(4,13(15)18)16-12-6-7-12/h10-12,16H,6-9H2,1-5H3,(H2,15,18). The first kappa shape index (κ1) is 15.4. The molecule has 0 aromatic heterocycles. The summed E-state index contributed by atoms with van der Waals surface area (Å²) in [6, 6.07) is 1.01. The molecule has 1 aliphatic rings. The number of hydrogen-bond acceptors (Lipinski definition) is 3. The lowest BCUT2D eigenvalue weighted by Gasteiger charge is -2.33. The normalized spacial score (nSPS) is 21.1. The van der Waals surface area contributed by atoms with Gasteiger partial charge >= 0.3 is 0 Å². The van der Waals surface area contributed by atoms with Crippen LogP contribution in [0.5, 0.6) is 0 Å². The highest BCUT2D eigenvalue weighted by Crippen LogP contribution is 2.24. The summed E-state index contributed by atoms with van der Waals surface area (Å²) in [5.41, 5.74) is 4.99. The molecule has 4 nitrogen and oxygen atoms in total. The minimum absolute atomic E-state index is 0.236. The van der Waals surface area contributed by atoms with E-state index < -0.39 is 5.54 Å². The fourth-order valence-electron chi connectivity index (χ4n) is 2.06. The molecule has 1 aliphatic carbocycles. The molecule has 0 radical (unpaired) electrons. The highest BCUT2D eigenvalue weighted by molar-refractivity contribution is 5.84. The molecule has 0 saturated heterocycles. The van der Waals surface area contributed by atoms with Crippen LogP contribution in [-0.4, -0.2) is 42.0 Å². The van der Waals surface area contributed by atoms with Crippen LogP contribution in [0, 0.1) is 5.92 Å². The number of nitrogens with two attached hydrogens (primary N) is 1. The molecule has 3 N–H and O–H groups in total. The molecule has 0 aromatic rings. The first-order valence-electron chi connectivity index (χ1n) is 7.04. The molecule has 1 saturated carbocycles. The second-order valence-electron chi connectivity index (χ2n) is 6.33. The van der Waals surface area contributed by atoms with E-state index in [2.05, 4.69) is 38.0 Å². The third-order valence-corrected chi connectivity index (χ3v) is 4.27. The van der Waals surface area contributed by atoms with Crippen LogP contribution in [0.15, 0.2) is 0 Å². The smallest absolute Gasteiger partial charge is 0.237 e. The molecular formula is C14H29N3O. The Morgan fingerprint density at radius 2 is 2.00 bits per heavy atom. The molecule has 106 valence electrons. The van der Waals surface area contributed by atoms with E-state index in [1.807, 2.05) is 6.92 Å². The highest BCUT2D eigenvalue weighted by Gasteiger charge is 2.37. The van der Waals surface area contributed by atoms with Crippen LogP contribution in [0.2, 0.25) is 0 Å². The molecule has 2 atom stereocenters. The molecular weight excluding hydrogens is 226 g/mol. The number of carbonyl (C=O) groups excluding carboxylic acids is 1. The van der Waals surface area contributed by atoms with Gasteiger partial charge in [-0.25, -0.2) is 0 Å². The summed E-state index contributed by atoms with van der Waals surface area (Å²) < 4.78 is 0. The Bertz CT molecular complexity index is 289. The van der Waals surface area contributed by atoms with Crippen molar-refractivity contribution in [3.05, 3.63) is 0 Å². The predicted octanol–water partition coefficient (Wildman–Crippen LogP) is 1.35. The van der Waals surface area contributed by atoms with Crippen molar-refractivity contribution in [2.75, 3.05) is 13.6 Å². The van der Waals surface area contributed by atoms with E-state index in [1.54, 1.807) is 0 Å². The van der Waals surface area contributed by atoms with Crippen LogP contribution < -0.4 is 11.1 Å². The maximum absolute atomic E-state index is 11.6. The van der Waals surface area contributed by atoms with E-state index in [0.717, 1.165) is 13.0 Å². The average Bonchev–Trinajstić information content (AvgIpc) is 3.08. The predicted molar refractivity (Wildman–Crippen MR) is 75.3 cm³/mol. The van der Waals surface area contributed by atoms with E-state index in [4.69, 9.17) is 5.73 Å². The van der Waals surface area contributed by atoms with Gasteiger partial charge in [0.25, 0.3) is 0 Å². The Balaban J connectivity index is 2.48. The summed E-state index contributed by atoms with van der Waals surface area (Å²) in [4.78, 5) is 13.9. The van der Waals surface area contributed by atoms with Crippen LogP contribution in [0.1, 0.15) is 47.0 Å². The summed E-state index contributed by atoms with van der Waals surface area (Å²) >= 11 is 0. The number of carbonyl (C=O) groups is 1. The van der Waals surface area contributed by atoms with Gasteiger partial charge in [-0.15, -0.1) is 0 Å². The topological polar surface area (TPSA) is 58.4 Å². The SMILES string of the molecule is CC(C)C(C)N(C)CCC(C)(NC1CC1)C(N)=O. The van der Waals surface area contributed by atoms with Crippen LogP contribution in [0.4, 0.5) is 0 Å². The van der Waals surface area contributed by atoms with Crippen molar-refractivity contribution in [1.82, 2.24) is 10.2 Å². The Kier molecular flexibility index (Phi) is 5.17. The van der Waals surface area contributed by atoms with E-state index in [9.17, 15) is 4.79 Å². The first-order valence-corrected chi connectivity index (χ1v) is 7.04. The van der Waals surface area contributed by atoms with Crippen molar-refractivity contribution in [2.45, 2.75) is 64.6 Å². The number of rotatable bonds is 8. The maximum Gasteiger partial charge on any atom is 0.237 e. The zero-order chi connectivity index (χ0) is 13.9. The molecule has 1 amide bonds. The van der Waals surface area contributed by atoms with Crippen molar-refractivity contribution in [2.24, 2.45) is 11.7 Å². The van der Waals surface area contributed by atoms with Crippen molar-refractivity contribution in [3.63, 3.8) is 0 Å². The Morgan fingerprint density at radius 3 is 2.39 bits per heavy atom. The molecule has 0 heterocycles. The van der Waals surface area contributed by atoms with Gasteiger partial charge in [-0.05, 0) is 46.1 Å². The van der Waals surface area contributed by atoms with Gasteiger partial charge in [-0.1, -0.05) is 13.8 Å². The monoisotopic (exact) mass is 255 g/mol. The minimum atomic E-state index is -0.563. The van der Waals surface area contributed by atoms with Crippen LogP contribution >= 0.6 is 0 Å². The highest BCUT2D eigenvalue weighted by atomic mass is 16.1. The zero-order valence-electron chi connectivity index (χ0n) is 12.5. The fourth-order valence-corrected chi connectivity index (χ4v) is 2.06. The second kappa shape index (κ2) is 6.02. The van der Waals surface area contributed by atoms with Gasteiger partial charge in [0, 0.05) is 18.6 Å². The van der Waals surface area contributed by atoms with Crippen LogP contribution in [-0.2, 0) is 4.79 Å². The van der Waals surface area contributed by atoms with Gasteiger partial charge in [0.15, 0.2) is 0 Å². The van der Waals surface area contributed by atoms with E-state index in [1.165, 1.54) is 12.8 Å². The van der Waals surface area contributed by atoms with Gasteiger partial charge in [0.2, 0.25) is 5.91 Å². The third kappa shape index (κ3) is 4.25.